The molecule has 1 aromatic carbocycles. The molecule has 8 heteroatoms. The molecule has 0 saturated heterocycles. The van der Waals surface area contributed by atoms with E-state index in [4.69, 9.17) is 0 Å². The van der Waals surface area contributed by atoms with E-state index in [2.05, 4.69) is 0 Å². The molecule has 1 aromatic rings. The van der Waals surface area contributed by atoms with Crippen LogP contribution in [0.1, 0.15) is 61.0 Å². The zero-order chi connectivity index (χ0) is 24.1. The first-order valence-electron chi connectivity index (χ1n) is 9.94. The molecule has 0 spiro atoms. The van der Waals surface area contributed by atoms with Crippen molar-refractivity contribution in [2.24, 2.45) is 5.41 Å². The van der Waals surface area contributed by atoms with Gasteiger partial charge in [0.1, 0.15) is 0 Å². The van der Waals surface area contributed by atoms with Gasteiger partial charge in [0.2, 0.25) is 0 Å². The lowest BCUT2D eigenvalue weighted by molar-refractivity contribution is -0.386. The van der Waals surface area contributed by atoms with E-state index in [-0.39, 0.29) is 22.4 Å². The zero-order valence-electron chi connectivity index (χ0n) is 19.2. The van der Waals surface area contributed by atoms with Crippen LogP contribution in [0, 0.1) is 15.5 Å². The van der Waals surface area contributed by atoms with Crippen molar-refractivity contribution < 1.29 is 24.7 Å². The maximum Gasteiger partial charge on any atom is 0.334 e. The number of hydrogen-bond acceptors (Lipinski definition) is 5. The van der Waals surface area contributed by atoms with E-state index in [1.165, 1.54) is 18.2 Å². The summed E-state index contributed by atoms with van der Waals surface area (Å²) in [4.78, 5) is 38.6. The highest BCUT2D eigenvalue weighted by molar-refractivity contribution is 6.01. The highest BCUT2D eigenvalue weighted by atomic mass is 16.6. The van der Waals surface area contributed by atoms with Crippen molar-refractivity contribution in [1.29, 1.82) is 0 Å². The Labute approximate surface area is 182 Å². The Bertz CT molecular complexity index is 983. The van der Waals surface area contributed by atoms with Gasteiger partial charge < -0.3 is 15.1 Å². The van der Waals surface area contributed by atoms with Crippen LogP contribution >= 0.6 is 0 Å². The molecule has 0 atom stereocenters. The Kier molecular flexibility index (Phi) is 5.84. The topological polar surface area (TPSA) is 121 Å². The van der Waals surface area contributed by atoms with Gasteiger partial charge in [0, 0.05) is 28.6 Å². The first-order valence-corrected chi connectivity index (χ1v) is 9.94. The second-order valence-corrected chi connectivity index (χ2v) is 9.81. The fourth-order valence-corrected chi connectivity index (χ4v) is 5.15. The SMILES string of the molecule is CC1=C(C(=O)O)C(c2ccccc2[N+](=O)[O-])(C(C)(C)C)C(C(=O)O)=C(C)N1C(C)(C)C. The number of carboxylic acid groups (broad SMARTS) is 2. The Hall–Kier alpha value is -3.16. The average molecular weight is 431 g/mol. The number of nitrogens with zero attached hydrogens (tertiary/aromatic N) is 2. The van der Waals surface area contributed by atoms with Gasteiger partial charge in [-0.1, -0.05) is 39.0 Å². The summed E-state index contributed by atoms with van der Waals surface area (Å²) in [6.45, 7) is 14.0. The minimum atomic E-state index is -1.77. The summed E-state index contributed by atoms with van der Waals surface area (Å²) in [6, 6.07) is 5.79. The molecule has 0 bridgehead atoms. The molecule has 0 amide bonds. The summed E-state index contributed by atoms with van der Waals surface area (Å²) in [7, 11) is 0. The molecular weight excluding hydrogens is 400 g/mol. The molecule has 2 rings (SSSR count). The largest absolute Gasteiger partial charge is 0.478 e. The maximum absolute atomic E-state index is 12.8. The molecule has 2 N–H and O–H groups in total. The van der Waals surface area contributed by atoms with Crippen LogP contribution in [0.25, 0.3) is 0 Å². The minimum Gasteiger partial charge on any atom is -0.478 e. The van der Waals surface area contributed by atoms with Crippen LogP contribution in [-0.4, -0.2) is 37.5 Å². The average Bonchev–Trinajstić information content (AvgIpc) is 2.57. The number of aliphatic carboxylic acids is 2. The molecule has 0 radical (unpaired) electrons. The Morgan fingerprint density at radius 2 is 1.35 bits per heavy atom. The van der Waals surface area contributed by atoms with Crippen molar-refractivity contribution in [2.45, 2.75) is 66.3 Å². The van der Waals surface area contributed by atoms with Crippen LogP contribution in [-0.2, 0) is 15.0 Å². The summed E-state index contributed by atoms with van der Waals surface area (Å²) in [5, 5.41) is 32.7. The van der Waals surface area contributed by atoms with Gasteiger partial charge >= 0.3 is 11.9 Å². The van der Waals surface area contributed by atoms with Gasteiger partial charge in [0.15, 0.2) is 0 Å². The predicted molar refractivity (Wildman–Crippen MR) is 116 cm³/mol. The lowest BCUT2D eigenvalue weighted by Crippen LogP contribution is -2.55. The van der Waals surface area contributed by atoms with Crippen molar-refractivity contribution in [3.8, 4) is 0 Å². The number of nitro groups is 1. The van der Waals surface area contributed by atoms with Crippen LogP contribution in [0.15, 0.2) is 46.8 Å². The summed E-state index contributed by atoms with van der Waals surface area (Å²) in [5.41, 5.74) is -3.33. The van der Waals surface area contributed by atoms with Gasteiger partial charge in [-0.05, 0) is 40.0 Å². The van der Waals surface area contributed by atoms with Gasteiger partial charge in [0.25, 0.3) is 5.69 Å². The summed E-state index contributed by atoms with van der Waals surface area (Å²) >= 11 is 0. The molecule has 1 heterocycles. The number of benzene rings is 1. The molecule has 168 valence electrons. The van der Waals surface area contributed by atoms with E-state index in [1.807, 2.05) is 20.8 Å². The van der Waals surface area contributed by atoms with Crippen LogP contribution in [0.3, 0.4) is 0 Å². The molecule has 31 heavy (non-hydrogen) atoms. The van der Waals surface area contributed by atoms with E-state index in [9.17, 15) is 29.9 Å². The summed E-state index contributed by atoms with van der Waals surface area (Å²) in [5.74, 6) is -2.63. The van der Waals surface area contributed by atoms with E-state index >= 15 is 0 Å². The zero-order valence-corrected chi connectivity index (χ0v) is 19.2. The second-order valence-electron chi connectivity index (χ2n) is 9.81. The van der Waals surface area contributed by atoms with E-state index in [1.54, 1.807) is 45.6 Å². The Morgan fingerprint density at radius 3 is 1.68 bits per heavy atom. The van der Waals surface area contributed by atoms with Gasteiger partial charge in [0.05, 0.1) is 21.5 Å². The normalized spacial score (nSPS) is 17.1. The fraction of sp³-hybridized carbons (Fsp3) is 0.478. The molecule has 1 aliphatic heterocycles. The van der Waals surface area contributed by atoms with Gasteiger partial charge in [-0.25, -0.2) is 9.59 Å². The summed E-state index contributed by atoms with van der Waals surface area (Å²) < 4.78 is 0. The van der Waals surface area contributed by atoms with Crippen LogP contribution in [0.4, 0.5) is 5.69 Å². The fourth-order valence-electron chi connectivity index (χ4n) is 5.15. The van der Waals surface area contributed by atoms with Crippen molar-refractivity contribution in [1.82, 2.24) is 4.90 Å². The smallest absolute Gasteiger partial charge is 0.334 e. The van der Waals surface area contributed by atoms with Gasteiger partial charge in [-0.3, -0.25) is 10.1 Å². The van der Waals surface area contributed by atoms with Gasteiger partial charge in [-0.2, -0.15) is 0 Å². The van der Waals surface area contributed by atoms with E-state index in [0.29, 0.717) is 11.4 Å². The first kappa shape index (κ1) is 24.1. The highest BCUT2D eigenvalue weighted by Gasteiger charge is 2.60. The van der Waals surface area contributed by atoms with Crippen molar-refractivity contribution >= 4 is 17.6 Å². The molecule has 1 aliphatic rings. The van der Waals surface area contributed by atoms with E-state index in [0.717, 1.165) is 0 Å². The highest BCUT2D eigenvalue weighted by Crippen LogP contribution is 2.59. The molecular formula is C23H30N2O6. The van der Waals surface area contributed by atoms with Crippen LogP contribution in [0.5, 0.6) is 0 Å². The Morgan fingerprint density at radius 1 is 0.935 bits per heavy atom. The van der Waals surface area contributed by atoms with Crippen molar-refractivity contribution in [2.75, 3.05) is 0 Å². The van der Waals surface area contributed by atoms with Crippen molar-refractivity contribution in [3.05, 3.63) is 62.5 Å². The number of allylic oxidation sites excluding steroid dienone is 2. The molecule has 0 unspecified atom stereocenters. The number of para-hydroxylation sites is 1. The standard InChI is InChI=1S/C23H30N2O6/c1-13-17(19(26)27)23(21(3,4)5,15-11-9-10-12-16(15)25(30)31)18(20(28)29)14(2)24(13)22(6,7)8/h9-12H,1-8H3,(H,26,27)(H,28,29). The predicted octanol–water partition coefficient (Wildman–Crippen LogP) is 4.71. The first-order chi connectivity index (χ1) is 14.0. The number of hydrogen-bond donors (Lipinski definition) is 2. The molecule has 0 fully saturated rings. The number of carboxylic acids is 2. The van der Waals surface area contributed by atoms with Crippen LogP contribution in [0.2, 0.25) is 0 Å². The molecule has 0 aliphatic carbocycles. The number of carbonyl (C=O) groups is 2. The van der Waals surface area contributed by atoms with Crippen LogP contribution < -0.4 is 0 Å². The quantitative estimate of drug-likeness (QED) is 0.524. The molecule has 0 aromatic heterocycles. The monoisotopic (exact) mass is 430 g/mol. The lowest BCUT2D eigenvalue weighted by atomic mass is 9.52. The number of rotatable bonds is 4. The third kappa shape index (κ3) is 3.49. The van der Waals surface area contributed by atoms with Gasteiger partial charge in [-0.15, -0.1) is 0 Å². The molecule has 0 saturated carbocycles. The lowest BCUT2D eigenvalue weighted by Gasteiger charge is -2.53. The maximum atomic E-state index is 12.8. The minimum absolute atomic E-state index is 0.0505. The number of nitro benzene ring substituents is 1. The molecule has 8 nitrogen and oxygen atoms in total. The van der Waals surface area contributed by atoms with Crippen molar-refractivity contribution in [3.63, 3.8) is 0 Å². The van der Waals surface area contributed by atoms with E-state index < -0.39 is 33.2 Å². The third-order valence-corrected chi connectivity index (χ3v) is 5.87. The Balaban J connectivity index is 3.30. The summed E-state index contributed by atoms with van der Waals surface area (Å²) in [6.07, 6.45) is 0. The second kappa shape index (κ2) is 7.51. The third-order valence-electron chi connectivity index (χ3n) is 5.87.